The summed E-state index contributed by atoms with van der Waals surface area (Å²) >= 11 is 0. The molecular weight excluding hydrogens is 446 g/mol. The minimum Gasteiger partial charge on any atom is -0.355 e. The van der Waals surface area contributed by atoms with Crippen molar-refractivity contribution in [3.05, 3.63) is 71.8 Å². The summed E-state index contributed by atoms with van der Waals surface area (Å²) in [6.45, 7) is 4.60. The number of hydrogen-bond donors (Lipinski definition) is 1. The molecule has 0 saturated carbocycles. The lowest BCUT2D eigenvalue weighted by Gasteiger charge is -2.20. The molecule has 0 aliphatic rings. The first-order chi connectivity index (χ1) is 18.3. The summed E-state index contributed by atoms with van der Waals surface area (Å²) in [6.07, 6.45) is 24.4. The Balaban J connectivity index is 1.71. The van der Waals surface area contributed by atoms with Crippen LogP contribution in [0.3, 0.4) is 0 Å². The molecular formula is C36H53N. The van der Waals surface area contributed by atoms with E-state index in [4.69, 9.17) is 0 Å². The van der Waals surface area contributed by atoms with Crippen molar-refractivity contribution >= 4 is 22.1 Å². The van der Waals surface area contributed by atoms with E-state index < -0.39 is 0 Å². The summed E-state index contributed by atoms with van der Waals surface area (Å²) in [5.41, 5.74) is 5.68. The smallest absolute Gasteiger partial charge is 0.0499 e. The van der Waals surface area contributed by atoms with E-state index in [9.17, 15) is 0 Å². The van der Waals surface area contributed by atoms with Crippen LogP contribution in [-0.4, -0.2) is 0 Å². The maximum atomic E-state index is 3.86. The SMILES string of the molecule is CCCCCCCCCCc1cc2ccccc2c(Nc2ccccc2)c1CCCCCCCCCC. The number of anilines is 2. The van der Waals surface area contributed by atoms with Gasteiger partial charge in [0.1, 0.15) is 0 Å². The number of para-hydroxylation sites is 1. The van der Waals surface area contributed by atoms with Crippen LogP contribution in [0.25, 0.3) is 10.8 Å². The maximum absolute atomic E-state index is 3.86. The molecule has 3 rings (SSSR count). The number of fused-ring (bicyclic) bond motifs is 1. The van der Waals surface area contributed by atoms with Crippen molar-refractivity contribution in [2.24, 2.45) is 0 Å². The van der Waals surface area contributed by atoms with Crippen molar-refractivity contribution in [3.8, 4) is 0 Å². The van der Waals surface area contributed by atoms with Crippen LogP contribution < -0.4 is 5.32 Å². The van der Waals surface area contributed by atoms with Crippen molar-refractivity contribution in [2.75, 3.05) is 5.32 Å². The lowest BCUT2D eigenvalue weighted by molar-refractivity contribution is 0.571. The molecule has 0 unspecified atom stereocenters. The third-order valence-corrected chi connectivity index (χ3v) is 7.87. The summed E-state index contributed by atoms with van der Waals surface area (Å²) in [5, 5.41) is 6.59. The van der Waals surface area contributed by atoms with Crippen molar-refractivity contribution in [1.29, 1.82) is 0 Å². The van der Waals surface area contributed by atoms with Gasteiger partial charge in [-0.25, -0.2) is 0 Å². The van der Waals surface area contributed by atoms with E-state index in [0.29, 0.717) is 0 Å². The molecule has 1 heteroatoms. The zero-order valence-corrected chi connectivity index (χ0v) is 24.0. The highest BCUT2D eigenvalue weighted by molar-refractivity contribution is 5.98. The fourth-order valence-electron chi connectivity index (χ4n) is 5.65. The van der Waals surface area contributed by atoms with E-state index in [1.165, 1.54) is 138 Å². The van der Waals surface area contributed by atoms with Crippen LogP contribution in [0.5, 0.6) is 0 Å². The lowest BCUT2D eigenvalue weighted by Crippen LogP contribution is -2.03. The van der Waals surface area contributed by atoms with Gasteiger partial charge in [-0.15, -0.1) is 0 Å². The fraction of sp³-hybridized carbons (Fsp3) is 0.556. The molecule has 1 N–H and O–H groups in total. The summed E-state index contributed by atoms with van der Waals surface area (Å²) in [6, 6.07) is 22.2. The molecule has 0 spiro atoms. The predicted molar refractivity (Wildman–Crippen MR) is 166 cm³/mol. The molecule has 37 heavy (non-hydrogen) atoms. The lowest BCUT2D eigenvalue weighted by atomic mass is 9.91. The molecule has 1 nitrogen and oxygen atoms in total. The quantitative estimate of drug-likeness (QED) is 0.152. The van der Waals surface area contributed by atoms with E-state index in [1.54, 1.807) is 11.1 Å². The standard InChI is InChI=1S/C36H53N/c1-3-5-7-9-11-13-15-18-24-31-30-32-25-22-23-29-35(32)36(37-33-26-19-17-20-27-33)34(31)28-21-16-14-12-10-8-6-4-2/h17,19-20,22-23,25-27,29-30,37H,3-16,18,21,24,28H2,1-2H3. The van der Waals surface area contributed by atoms with Gasteiger partial charge in [0.25, 0.3) is 0 Å². The average molecular weight is 500 g/mol. The molecule has 0 radical (unpaired) electrons. The van der Waals surface area contributed by atoms with Crippen molar-refractivity contribution < 1.29 is 0 Å². The number of unbranched alkanes of at least 4 members (excludes halogenated alkanes) is 14. The molecule has 3 aromatic carbocycles. The van der Waals surface area contributed by atoms with E-state index in [2.05, 4.69) is 79.8 Å². The molecule has 3 aromatic rings. The Hall–Kier alpha value is -2.28. The Morgan fingerprint density at radius 1 is 0.514 bits per heavy atom. The van der Waals surface area contributed by atoms with Crippen LogP contribution in [-0.2, 0) is 12.8 Å². The fourth-order valence-corrected chi connectivity index (χ4v) is 5.65. The summed E-state index contributed by atoms with van der Waals surface area (Å²) in [5.74, 6) is 0. The van der Waals surface area contributed by atoms with Gasteiger partial charge in [0, 0.05) is 16.8 Å². The Labute approximate surface area is 228 Å². The van der Waals surface area contributed by atoms with Crippen LogP contribution in [0.1, 0.15) is 128 Å². The van der Waals surface area contributed by atoms with Gasteiger partial charge in [-0.1, -0.05) is 152 Å². The van der Waals surface area contributed by atoms with Crippen molar-refractivity contribution in [3.63, 3.8) is 0 Å². The molecule has 0 aromatic heterocycles. The van der Waals surface area contributed by atoms with Gasteiger partial charge >= 0.3 is 0 Å². The average Bonchev–Trinajstić information content (AvgIpc) is 2.93. The largest absolute Gasteiger partial charge is 0.355 e. The van der Waals surface area contributed by atoms with Crippen LogP contribution in [0.4, 0.5) is 11.4 Å². The van der Waals surface area contributed by atoms with Crippen LogP contribution >= 0.6 is 0 Å². The van der Waals surface area contributed by atoms with Crippen LogP contribution in [0.15, 0.2) is 60.7 Å². The molecule has 0 fully saturated rings. The zero-order valence-electron chi connectivity index (χ0n) is 24.0. The van der Waals surface area contributed by atoms with Gasteiger partial charge in [-0.05, 0) is 54.3 Å². The molecule has 0 bridgehead atoms. The molecule has 0 amide bonds. The number of nitrogens with one attached hydrogen (secondary N) is 1. The highest BCUT2D eigenvalue weighted by Gasteiger charge is 2.14. The van der Waals surface area contributed by atoms with E-state index >= 15 is 0 Å². The Morgan fingerprint density at radius 3 is 1.65 bits per heavy atom. The third-order valence-electron chi connectivity index (χ3n) is 7.87. The molecule has 0 aliphatic carbocycles. The van der Waals surface area contributed by atoms with Gasteiger partial charge in [0.05, 0.1) is 0 Å². The van der Waals surface area contributed by atoms with Gasteiger partial charge in [-0.2, -0.15) is 0 Å². The van der Waals surface area contributed by atoms with Gasteiger partial charge in [-0.3, -0.25) is 0 Å². The maximum Gasteiger partial charge on any atom is 0.0499 e. The summed E-state index contributed by atoms with van der Waals surface area (Å²) < 4.78 is 0. The first-order valence-corrected chi connectivity index (χ1v) is 15.7. The molecule has 202 valence electrons. The molecule has 0 heterocycles. The van der Waals surface area contributed by atoms with Crippen molar-refractivity contribution in [2.45, 2.75) is 129 Å². The van der Waals surface area contributed by atoms with E-state index in [-0.39, 0.29) is 0 Å². The third kappa shape index (κ3) is 10.5. The summed E-state index contributed by atoms with van der Waals surface area (Å²) in [4.78, 5) is 0. The van der Waals surface area contributed by atoms with Crippen LogP contribution in [0, 0.1) is 0 Å². The monoisotopic (exact) mass is 499 g/mol. The number of rotatable bonds is 20. The summed E-state index contributed by atoms with van der Waals surface area (Å²) in [7, 11) is 0. The van der Waals surface area contributed by atoms with Gasteiger partial charge in [0.2, 0.25) is 0 Å². The number of aryl methyl sites for hydroxylation is 1. The predicted octanol–water partition coefficient (Wildman–Crippen LogP) is 11.9. The van der Waals surface area contributed by atoms with E-state index in [1.807, 2.05) is 0 Å². The normalized spacial score (nSPS) is 11.3. The zero-order chi connectivity index (χ0) is 26.0. The van der Waals surface area contributed by atoms with Gasteiger partial charge in [0.15, 0.2) is 0 Å². The highest BCUT2D eigenvalue weighted by atomic mass is 14.9. The Bertz CT molecular complexity index is 990. The van der Waals surface area contributed by atoms with E-state index in [0.717, 1.165) is 0 Å². The topological polar surface area (TPSA) is 12.0 Å². The minimum atomic E-state index is 1.18. The first-order valence-electron chi connectivity index (χ1n) is 15.7. The van der Waals surface area contributed by atoms with Gasteiger partial charge < -0.3 is 5.32 Å². The Kier molecular flexibility index (Phi) is 14.3. The van der Waals surface area contributed by atoms with Crippen molar-refractivity contribution in [1.82, 2.24) is 0 Å². The Morgan fingerprint density at radius 2 is 1.03 bits per heavy atom. The second-order valence-electron chi connectivity index (χ2n) is 11.1. The first kappa shape index (κ1) is 29.3. The number of benzene rings is 3. The second-order valence-corrected chi connectivity index (χ2v) is 11.1. The minimum absolute atomic E-state index is 1.18. The molecule has 0 aliphatic heterocycles. The van der Waals surface area contributed by atoms with Crippen LogP contribution in [0.2, 0.25) is 0 Å². The molecule has 0 atom stereocenters. The molecule has 0 saturated heterocycles. The number of hydrogen-bond acceptors (Lipinski definition) is 1. The highest BCUT2D eigenvalue weighted by Crippen LogP contribution is 2.35. The second kappa shape index (κ2) is 18.1.